The van der Waals surface area contributed by atoms with Crippen molar-refractivity contribution in [3.8, 4) is 0 Å². The Bertz CT molecular complexity index is 1950. The van der Waals surface area contributed by atoms with E-state index in [1.165, 1.54) is 48.5 Å². The third-order valence-electron chi connectivity index (χ3n) is 8.65. The summed E-state index contributed by atoms with van der Waals surface area (Å²) < 4.78 is 43.1. The van der Waals surface area contributed by atoms with Gasteiger partial charge in [-0.1, -0.05) is 23.5 Å². The summed E-state index contributed by atoms with van der Waals surface area (Å²) in [6, 6.07) is 12.2. The van der Waals surface area contributed by atoms with Crippen LogP contribution in [-0.4, -0.2) is 129 Å². The Hall–Kier alpha value is -6.24. The van der Waals surface area contributed by atoms with E-state index in [4.69, 9.17) is 37.9 Å². The summed E-state index contributed by atoms with van der Waals surface area (Å²) in [6.07, 6.45) is -13.3. The normalized spacial score (nSPS) is 25.0. The molecule has 2 heterocycles. The van der Waals surface area contributed by atoms with E-state index >= 15 is 0 Å². The second-order valence-electron chi connectivity index (χ2n) is 13.9. The first-order chi connectivity index (χ1) is 30.1. The SMILES string of the molecule is CC(=O)O[C@@H]1[C@@H](OC(C)=O)[C@H](Sc2ccc(NC(=O)CCC(=O)Nc3ccc(S[C@@H]4O[C@H](C(=O)O)[C@@H](OC(C)=O)[C@H](OC(C)=O)[C@H]4OC(C)=O)cc3)cc2)O[C@H](C(=O)O)[C@H]1OC(C)=O. The number of nitrogens with one attached hydrogen (secondary N) is 2. The van der Waals surface area contributed by atoms with E-state index in [1.54, 1.807) is 0 Å². The van der Waals surface area contributed by atoms with Crippen LogP contribution >= 0.6 is 23.5 Å². The molecule has 2 aliphatic rings. The number of hydrogen-bond donors (Lipinski definition) is 4. The summed E-state index contributed by atoms with van der Waals surface area (Å²) >= 11 is 1.82. The number of rotatable bonds is 17. The fourth-order valence-corrected chi connectivity index (χ4v) is 8.47. The maximum absolute atomic E-state index is 12.8. The standard InChI is InChI=1S/C40H44N2O20S2/c1-17(43)55-29-31(57-19(3)45)35(59-21(5)47)39(61-33(29)37(51)52)63-25-11-7-23(8-12-25)41-27(49)15-16-28(50)42-24-9-13-26(14-10-24)64-40-36(60-22(6)48)32(58-20(4)46)30(56-18(2)44)34(62-40)38(53)54/h7-14,29-36,39-40H,15-16H2,1-6H3,(H,41,49)(H,42,50)(H,51,52)(H,53,54)/t29-,30-,31-,32-,33-,34-,35+,36+,39-,40-/m0/s1. The van der Waals surface area contributed by atoms with Gasteiger partial charge in [0.15, 0.2) is 48.8 Å². The summed E-state index contributed by atoms with van der Waals surface area (Å²) in [5, 5.41) is 25.0. The summed E-state index contributed by atoms with van der Waals surface area (Å²) in [5.74, 6) is -9.26. The number of carboxylic acid groups (broad SMARTS) is 2. The van der Waals surface area contributed by atoms with Crippen LogP contribution in [0.5, 0.6) is 0 Å². The molecular formula is C40H44N2O20S2. The van der Waals surface area contributed by atoms with Gasteiger partial charge in [-0.05, 0) is 48.5 Å². The van der Waals surface area contributed by atoms with Crippen LogP contribution in [0.4, 0.5) is 11.4 Å². The van der Waals surface area contributed by atoms with Crippen LogP contribution in [0.15, 0.2) is 58.3 Å². The van der Waals surface area contributed by atoms with Crippen molar-refractivity contribution in [2.24, 2.45) is 0 Å². The highest BCUT2D eigenvalue weighted by molar-refractivity contribution is 8.00. The molecule has 64 heavy (non-hydrogen) atoms. The molecule has 4 N–H and O–H groups in total. The molecule has 0 unspecified atom stereocenters. The van der Waals surface area contributed by atoms with Gasteiger partial charge in [0, 0.05) is 75.5 Å². The third kappa shape index (κ3) is 14.7. The largest absolute Gasteiger partial charge is 0.479 e. The number of esters is 6. The number of anilines is 2. The van der Waals surface area contributed by atoms with Gasteiger partial charge < -0.3 is 58.7 Å². The molecule has 0 spiro atoms. The predicted molar refractivity (Wildman–Crippen MR) is 217 cm³/mol. The van der Waals surface area contributed by atoms with Gasteiger partial charge in [-0.2, -0.15) is 0 Å². The lowest BCUT2D eigenvalue weighted by Crippen LogP contribution is -2.62. The van der Waals surface area contributed by atoms with Crippen LogP contribution in [0, 0.1) is 0 Å². The van der Waals surface area contributed by atoms with E-state index in [1.807, 2.05) is 0 Å². The number of carboxylic acids is 2. The van der Waals surface area contributed by atoms with Gasteiger partial charge in [-0.3, -0.25) is 38.4 Å². The second kappa shape index (κ2) is 22.9. The molecular weight excluding hydrogens is 893 g/mol. The maximum Gasteiger partial charge on any atom is 0.336 e. The number of aliphatic carboxylic acids is 2. The Labute approximate surface area is 372 Å². The minimum atomic E-state index is -1.80. The zero-order chi connectivity index (χ0) is 47.4. The number of benzene rings is 2. The van der Waals surface area contributed by atoms with Gasteiger partial charge >= 0.3 is 47.8 Å². The average molecular weight is 937 g/mol. The molecule has 0 aromatic heterocycles. The van der Waals surface area contributed by atoms with Crippen LogP contribution in [0.1, 0.15) is 54.4 Å². The van der Waals surface area contributed by atoms with E-state index in [-0.39, 0.29) is 12.8 Å². The lowest BCUT2D eigenvalue weighted by atomic mass is 9.99. The predicted octanol–water partition coefficient (Wildman–Crippen LogP) is 2.44. The summed E-state index contributed by atoms with van der Waals surface area (Å²) in [6.45, 7) is 6.27. The molecule has 2 aromatic rings. The van der Waals surface area contributed by atoms with Crippen LogP contribution < -0.4 is 10.6 Å². The Kier molecular flexibility index (Phi) is 18.0. The fourth-order valence-electron chi connectivity index (χ4n) is 6.31. The third-order valence-corrected chi connectivity index (χ3v) is 11.0. The number of hydrogen-bond acceptors (Lipinski definition) is 20. The fraction of sp³-hybridized carbons (Fsp3) is 0.450. The van der Waals surface area contributed by atoms with Crippen LogP contribution in [0.25, 0.3) is 0 Å². The smallest absolute Gasteiger partial charge is 0.336 e. The Balaban J connectivity index is 1.35. The lowest BCUT2D eigenvalue weighted by Gasteiger charge is -2.42. The van der Waals surface area contributed by atoms with Gasteiger partial charge in [0.2, 0.25) is 11.8 Å². The van der Waals surface area contributed by atoms with Crippen molar-refractivity contribution < 1.29 is 96.1 Å². The minimum Gasteiger partial charge on any atom is -0.479 e. The number of ether oxygens (including phenoxy) is 8. The second-order valence-corrected chi connectivity index (χ2v) is 16.2. The molecule has 22 nitrogen and oxygen atoms in total. The van der Waals surface area contributed by atoms with Gasteiger partial charge in [-0.15, -0.1) is 0 Å². The summed E-state index contributed by atoms with van der Waals surface area (Å²) in [5.41, 5.74) is -1.88. The molecule has 2 aromatic carbocycles. The number of amides is 2. The van der Waals surface area contributed by atoms with E-state index in [0.29, 0.717) is 21.2 Å². The van der Waals surface area contributed by atoms with E-state index in [0.717, 1.165) is 65.1 Å². The Morgan fingerprint density at radius 3 is 0.984 bits per heavy atom. The van der Waals surface area contributed by atoms with Crippen molar-refractivity contribution in [3.05, 3.63) is 48.5 Å². The zero-order valence-corrected chi connectivity index (χ0v) is 36.5. The monoisotopic (exact) mass is 936 g/mol. The number of carbonyl (C=O) groups is 10. The molecule has 0 radical (unpaired) electrons. The van der Waals surface area contributed by atoms with Gasteiger partial charge in [0.25, 0.3) is 0 Å². The molecule has 2 aliphatic heterocycles. The topological polar surface area (TPSA) is 309 Å². The molecule has 0 aliphatic carbocycles. The zero-order valence-electron chi connectivity index (χ0n) is 34.9. The van der Waals surface area contributed by atoms with Crippen molar-refractivity contribution >= 4 is 94.5 Å². The Morgan fingerprint density at radius 1 is 0.453 bits per heavy atom. The first-order valence-corrected chi connectivity index (χ1v) is 20.8. The van der Waals surface area contributed by atoms with Crippen LogP contribution in [0.2, 0.25) is 0 Å². The van der Waals surface area contributed by atoms with Crippen molar-refractivity contribution in [1.82, 2.24) is 0 Å². The Morgan fingerprint density at radius 2 is 0.719 bits per heavy atom. The molecule has 2 fully saturated rings. The van der Waals surface area contributed by atoms with Gasteiger partial charge in [0.05, 0.1) is 0 Å². The first-order valence-electron chi connectivity index (χ1n) is 19.0. The molecule has 2 amide bonds. The van der Waals surface area contributed by atoms with Crippen molar-refractivity contribution in [2.45, 2.75) is 124 Å². The van der Waals surface area contributed by atoms with Crippen molar-refractivity contribution in [1.29, 1.82) is 0 Å². The maximum atomic E-state index is 12.8. The minimum absolute atomic E-state index is 0.229. The molecule has 0 saturated carbocycles. The molecule has 10 atom stereocenters. The summed E-state index contributed by atoms with van der Waals surface area (Å²) in [7, 11) is 0. The average Bonchev–Trinajstić information content (AvgIpc) is 3.18. The lowest BCUT2D eigenvalue weighted by molar-refractivity contribution is -0.234. The molecule has 24 heteroatoms. The van der Waals surface area contributed by atoms with Crippen LogP contribution in [0.3, 0.4) is 0 Å². The highest BCUT2D eigenvalue weighted by atomic mass is 32.2. The van der Waals surface area contributed by atoms with E-state index in [9.17, 15) is 58.2 Å². The van der Waals surface area contributed by atoms with Gasteiger partial charge in [0.1, 0.15) is 10.9 Å². The van der Waals surface area contributed by atoms with Crippen LogP contribution in [-0.2, 0) is 85.8 Å². The van der Waals surface area contributed by atoms with Crippen molar-refractivity contribution in [3.63, 3.8) is 0 Å². The van der Waals surface area contributed by atoms with Gasteiger partial charge in [-0.25, -0.2) is 9.59 Å². The van der Waals surface area contributed by atoms with Crippen molar-refractivity contribution in [2.75, 3.05) is 10.6 Å². The number of thioether (sulfide) groups is 2. The summed E-state index contributed by atoms with van der Waals surface area (Å²) in [4.78, 5) is 122. The van der Waals surface area contributed by atoms with E-state index < -0.39 is 119 Å². The molecule has 2 saturated heterocycles. The first kappa shape index (κ1) is 50.4. The molecule has 346 valence electrons. The van der Waals surface area contributed by atoms with E-state index in [2.05, 4.69) is 10.6 Å². The molecule has 0 bridgehead atoms. The highest BCUT2D eigenvalue weighted by Crippen LogP contribution is 2.39. The quantitative estimate of drug-likeness (QED) is 0.131. The highest BCUT2D eigenvalue weighted by Gasteiger charge is 2.56. The molecule has 4 rings (SSSR count). The number of carbonyl (C=O) groups excluding carboxylic acids is 8.